The summed E-state index contributed by atoms with van der Waals surface area (Å²) in [5.41, 5.74) is 17.0. The van der Waals surface area contributed by atoms with Crippen molar-refractivity contribution in [3.05, 3.63) is 74.2 Å². The molecule has 3 aliphatic carbocycles. The van der Waals surface area contributed by atoms with Gasteiger partial charge < -0.3 is 15.8 Å². The van der Waals surface area contributed by atoms with Crippen LogP contribution in [0.5, 0.6) is 0 Å². The number of hydrogen-bond acceptors (Lipinski definition) is 4. The number of nitrogens with one attached hydrogen (secondary N) is 1. The number of aromatic nitrogens is 1. The highest BCUT2D eigenvalue weighted by Crippen LogP contribution is 2.40. The Balaban J connectivity index is 1.51. The van der Waals surface area contributed by atoms with Crippen molar-refractivity contribution < 1.29 is 5.11 Å². The molecule has 1 unspecified atom stereocenters. The summed E-state index contributed by atoms with van der Waals surface area (Å²) < 4.78 is 0. The highest BCUT2D eigenvalue weighted by molar-refractivity contribution is 6.31. The number of aromatic amines is 1. The predicted molar refractivity (Wildman–Crippen MR) is 140 cm³/mol. The fraction of sp³-hybridized carbons (Fsp3) is 0.393. The number of aryl methyl sites for hydroxylation is 1. The zero-order valence-electron chi connectivity index (χ0n) is 19.8. The van der Waals surface area contributed by atoms with Crippen LogP contribution in [0.3, 0.4) is 0 Å². The lowest BCUT2D eigenvalue weighted by Crippen LogP contribution is -2.34. The molecule has 4 N–H and O–H groups in total. The molecule has 1 aromatic rings. The van der Waals surface area contributed by atoms with Crippen LogP contribution in [0.25, 0.3) is 11.6 Å². The third kappa shape index (κ3) is 4.09. The van der Waals surface area contributed by atoms with Crippen molar-refractivity contribution in [1.82, 2.24) is 4.98 Å². The maximum absolute atomic E-state index is 9.53. The van der Waals surface area contributed by atoms with E-state index in [0.717, 1.165) is 75.9 Å². The van der Waals surface area contributed by atoms with Crippen LogP contribution in [-0.4, -0.2) is 28.4 Å². The van der Waals surface area contributed by atoms with E-state index < -0.39 is 0 Å². The number of aliphatic hydroxyl groups is 1. The van der Waals surface area contributed by atoms with Gasteiger partial charge in [-0.2, -0.15) is 0 Å². The standard InChI is InChI=1S/C28H31ClN4O/c1-4-22-27(29)26-21(20-11-19(12-20)14-34)7-5-17(6-8-23(26)32-22)10-18-9-15(2)25-16(3)31-28(30)33-24(25)13-18/h7-9,13,19-20,25,32,34H,2,4,6,10-12,14H2,1,3H3,(H2,30,33). The quantitative estimate of drug-likeness (QED) is 0.566. The molecule has 1 aromatic heterocycles. The summed E-state index contributed by atoms with van der Waals surface area (Å²) in [6.45, 7) is 8.61. The van der Waals surface area contributed by atoms with E-state index in [9.17, 15) is 5.11 Å². The Bertz CT molecular complexity index is 1370. The molecule has 1 aliphatic heterocycles. The van der Waals surface area contributed by atoms with Gasteiger partial charge in [-0.05, 0) is 78.9 Å². The molecule has 5 rings (SSSR count). The van der Waals surface area contributed by atoms with Gasteiger partial charge in [0.25, 0.3) is 0 Å². The van der Waals surface area contributed by atoms with Crippen LogP contribution in [0.1, 0.15) is 45.2 Å². The van der Waals surface area contributed by atoms with Crippen molar-refractivity contribution >= 4 is 34.9 Å². The Morgan fingerprint density at radius 1 is 1.29 bits per heavy atom. The normalized spacial score (nSPS) is 26.0. The van der Waals surface area contributed by atoms with Gasteiger partial charge in [-0.3, -0.25) is 0 Å². The highest BCUT2D eigenvalue weighted by atomic mass is 35.5. The summed E-state index contributed by atoms with van der Waals surface area (Å²) in [5.74, 6) is 1.09. The van der Waals surface area contributed by atoms with Crippen molar-refractivity contribution in [1.29, 1.82) is 0 Å². The smallest absolute Gasteiger partial charge is 0.220 e. The summed E-state index contributed by atoms with van der Waals surface area (Å²) >= 11 is 6.82. The average Bonchev–Trinajstić information content (AvgIpc) is 3.05. The first kappa shape index (κ1) is 22.9. The van der Waals surface area contributed by atoms with Gasteiger partial charge in [-0.25, -0.2) is 9.98 Å². The van der Waals surface area contributed by atoms with Crippen molar-refractivity contribution in [3.8, 4) is 0 Å². The second kappa shape index (κ2) is 9.07. The summed E-state index contributed by atoms with van der Waals surface area (Å²) in [7, 11) is 0. The van der Waals surface area contributed by atoms with Crippen LogP contribution in [-0.2, 0) is 6.42 Å². The molecule has 176 valence electrons. The molecule has 1 saturated carbocycles. The number of aliphatic imine (C=N–C) groups is 2. The Morgan fingerprint density at radius 2 is 2.09 bits per heavy atom. The first-order valence-corrected chi connectivity index (χ1v) is 12.4. The number of aliphatic hydroxyl groups excluding tert-OH is 1. The van der Waals surface area contributed by atoms with Gasteiger partial charge in [0.2, 0.25) is 5.96 Å². The fourth-order valence-corrected chi connectivity index (χ4v) is 5.90. The first-order valence-electron chi connectivity index (χ1n) is 12.0. The van der Waals surface area contributed by atoms with Crippen LogP contribution in [0, 0.1) is 17.8 Å². The largest absolute Gasteiger partial charge is 0.396 e. The van der Waals surface area contributed by atoms with E-state index in [-0.39, 0.29) is 12.5 Å². The van der Waals surface area contributed by atoms with Crippen molar-refractivity contribution in [2.24, 2.45) is 33.5 Å². The lowest BCUT2D eigenvalue weighted by molar-refractivity contribution is 0.134. The number of allylic oxidation sites excluding steroid dienone is 5. The second-order valence-corrected chi connectivity index (χ2v) is 10.1. The van der Waals surface area contributed by atoms with Gasteiger partial charge in [0.1, 0.15) is 0 Å². The minimum atomic E-state index is 0.0126. The van der Waals surface area contributed by atoms with Crippen molar-refractivity contribution in [3.63, 3.8) is 0 Å². The minimum absolute atomic E-state index is 0.0126. The van der Waals surface area contributed by atoms with E-state index in [1.807, 2.05) is 6.92 Å². The third-order valence-corrected chi connectivity index (χ3v) is 7.76. The molecular weight excluding hydrogens is 444 g/mol. The SMILES string of the molecule is C=C1C=C(CC2=C=CC(C3CC(CO)C3)=c3c(Cl)c(CC)[nH]c3=CC2)C=C2N=C(N)N=C(C)C12. The number of hydrogen-bond donors (Lipinski definition) is 3. The minimum Gasteiger partial charge on any atom is -0.396 e. The van der Waals surface area contributed by atoms with E-state index >= 15 is 0 Å². The average molecular weight is 475 g/mol. The van der Waals surface area contributed by atoms with E-state index in [1.165, 1.54) is 11.1 Å². The molecule has 0 spiro atoms. The van der Waals surface area contributed by atoms with Gasteiger partial charge in [0, 0.05) is 35.0 Å². The highest BCUT2D eigenvalue weighted by Gasteiger charge is 2.32. The maximum atomic E-state index is 9.53. The summed E-state index contributed by atoms with van der Waals surface area (Å²) in [4.78, 5) is 12.4. The Kier molecular flexibility index (Phi) is 6.11. The monoisotopic (exact) mass is 474 g/mol. The summed E-state index contributed by atoms with van der Waals surface area (Å²) in [6.07, 6.45) is 13.0. The molecule has 5 nitrogen and oxygen atoms in total. The van der Waals surface area contributed by atoms with Gasteiger partial charge in [-0.1, -0.05) is 37.3 Å². The molecule has 1 atom stereocenters. The molecule has 2 heterocycles. The first-order chi connectivity index (χ1) is 16.4. The summed E-state index contributed by atoms with van der Waals surface area (Å²) in [5, 5.41) is 12.6. The Hall–Kier alpha value is -2.85. The van der Waals surface area contributed by atoms with E-state index in [2.05, 4.69) is 58.5 Å². The molecule has 4 aliphatic rings. The molecule has 0 aromatic carbocycles. The number of rotatable bonds is 5. The number of halogens is 1. The molecule has 0 bridgehead atoms. The van der Waals surface area contributed by atoms with E-state index in [4.69, 9.17) is 17.3 Å². The van der Waals surface area contributed by atoms with Gasteiger partial charge in [-0.15, -0.1) is 5.73 Å². The Labute approximate surface area is 205 Å². The lowest BCUT2D eigenvalue weighted by atomic mass is 9.71. The zero-order valence-corrected chi connectivity index (χ0v) is 20.5. The maximum Gasteiger partial charge on any atom is 0.220 e. The third-order valence-electron chi connectivity index (χ3n) is 7.34. The van der Waals surface area contributed by atoms with Crippen LogP contribution < -0.4 is 16.3 Å². The fourth-order valence-electron chi connectivity index (χ4n) is 5.50. The topological polar surface area (TPSA) is 86.8 Å². The molecule has 34 heavy (non-hydrogen) atoms. The number of nitrogens with two attached hydrogens (primary N) is 1. The molecule has 0 amide bonds. The van der Waals surface area contributed by atoms with Crippen LogP contribution in [0.4, 0.5) is 0 Å². The van der Waals surface area contributed by atoms with Gasteiger partial charge in [0.15, 0.2) is 0 Å². The predicted octanol–water partition coefficient (Wildman–Crippen LogP) is 3.84. The van der Waals surface area contributed by atoms with Gasteiger partial charge in [0.05, 0.1) is 16.6 Å². The number of fused-ring (bicyclic) bond motifs is 2. The molecule has 1 fully saturated rings. The lowest BCUT2D eigenvalue weighted by Gasteiger charge is -2.35. The Morgan fingerprint density at radius 3 is 2.82 bits per heavy atom. The van der Waals surface area contributed by atoms with E-state index in [1.54, 1.807) is 0 Å². The van der Waals surface area contributed by atoms with E-state index in [0.29, 0.717) is 17.8 Å². The summed E-state index contributed by atoms with van der Waals surface area (Å²) in [6, 6.07) is 0. The number of nitrogens with zero attached hydrogens (tertiary/aromatic N) is 2. The van der Waals surface area contributed by atoms with Crippen molar-refractivity contribution in [2.75, 3.05) is 6.61 Å². The zero-order chi connectivity index (χ0) is 24.0. The number of H-pyrrole nitrogens is 1. The van der Waals surface area contributed by atoms with Crippen molar-refractivity contribution in [2.45, 2.75) is 46.0 Å². The molecule has 6 heteroatoms. The molecule has 0 radical (unpaired) electrons. The van der Waals surface area contributed by atoms with Gasteiger partial charge >= 0.3 is 0 Å². The van der Waals surface area contributed by atoms with Crippen LogP contribution in [0.2, 0.25) is 5.02 Å². The second-order valence-electron chi connectivity index (χ2n) is 9.73. The molecular formula is C28H31ClN4O. The van der Waals surface area contributed by atoms with Crippen LogP contribution >= 0.6 is 11.6 Å². The molecule has 0 saturated heterocycles. The number of guanidine groups is 1. The van der Waals surface area contributed by atoms with Crippen LogP contribution in [0.15, 0.2) is 62.9 Å².